The molecule has 4 aromatic rings. The summed E-state index contributed by atoms with van der Waals surface area (Å²) < 4.78 is 28.1. The average Bonchev–Trinajstić information content (AvgIpc) is 3.34. The zero-order valence-electron chi connectivity index (χ0n) is 23.8. The van der Waals surface area contributed by atoms with Crippen LogP contribution in [0.1, 0.15) is 72.4 Å². The highest BCUT2D eigenvalue weighted by atomic mass is 19.1. The van der Waals surface area contributed by atoms with Crippen molar-refractivity contribution in [2.24, 2.45) is 5.41 Å². The summed E-state index contributed by atoms with van der Waals surface area (Å²) in [6.45, 7) is 8.49. The van der Waals surface area contributed by atoms with Gasteiger partial charge in [-0.05, 0) is 80.7 Å². The Hall–Kier alpha value is -4.36. The van der Waals surface area contributed by atoms with E-state index >= 15 is 0 Å². The fourth-order valence-corrected chi connectivity index (χ4v) is 7.10. The molecule has 10 heteroatoms. The van der Waals surface area contributed by atoms with E-state index in [0.29, 0.717) is 12.1 Å². The summed E-state index contributed by atoms with van der Waals surface area (Å²) in [5.74, 6) is -0.404. The van der Waals surface area contributed by atoms with Gasteiger partial charge in [0.1, 0.15) is 18.2 Å². The molecule has 220 valence electrons. The largest absolute Gasteiger partial charge is 0.478 e. The van der Waals surface area contributed by atoms with Crippen LogP contribution in [0.5, 0.6) is 6.01 Å². The number of imidazole rings is 1. The Morgan fingerprint density at radius 1 is 1.12 bits per heavy atom. The van der Waals surface area contributed by atoms with Crippen molar-refractivity contribution in [2.75, 3.05) is 6.61 Å². The van der Waals surface area contributed by atoms with E-state index < -0.39 is 11.8 Å². The van der Waals surface area contributed by atoms with Gasteiger partial charge in [-0.1, -0.05) is 12.1 Å². The molecule has 3 saturated carbocycles. The van der Waals surface area contributed by atoms with Crippen molar-refractivity contribution in [3.05, 3.63) is 88.5 Å². The first-order chi connectivity index (χ1) is 20.9. The van der Waals surface area contributed by atoms with Gasteiger partial charge in [0.05, 0.1) is 41.5 Å². The van der Waals surface area contributed by atoms with Gasteiger partial charge in [0.2, 0.25) is 0 Å². The van der Waals surface area contributed by atoms with E-state index in [-0.39, 0.29) is 40.8 Å². The van der Waals surface area contributed by atoms with Gasteiger partial charge in [-0.2, -0.15) is 4.98 Å². The highest BCUT2D eigenvalue weighted by molar-refractivity contribution is 5.92. The van der Waals surface area contributed by atoms with Crippen LogP contribution in [0.2, 0.25) is 0 Å². The molecule has 4 fully saturated rings. The first kappa shape index (κ1) is 27.5. The lowest BCUT2D eigenvalue weighted by atomic mass is 9.52. The lowest BCUT2D eigenvalue weighted by Crippen LogP contribution is -2.46. The Bertz CT molecular complexity index is 1730. The topological polar surface area (TPSA) is 104 Å². The number of halogens is 1. The summed E-state index contributed by atoms with van der Waals surface area (Å²) in [6, 6.07) is 11.7. The number of aromatic carboxylic acids is 1. The van der Waals surface area contributed by atoms with Crippen LogP contribution in [0.4, 0.5) is 10.1 Å². The molecule has 43 heavy (non-hydrogen) atoms. The highest BCUT2D eigenvalue weighted by Crippen LogP contribution is 2.58. The Morgan fingerprint density at radius 3 is 2.58 bits per heavy atom. The van der Waals surface area contributed by atoms with Crippen molar-refractivity contribution in [3.8, 4) is 6.01 Å². The molecule has 9 nitrogen and oxygen atoms in total. The molecule has 2 aromatic carbocycles. The second kappa shape index (κ2) is 10.7. The summed E-state index contributed by atoms with van der Waals surface area (Å²) in [5.41, 5.74) is 3.63. The van der Waals surface area contributed by atoms with Gasteiger partial charge < -0.3 is 19.1 Å². The zero-order valence-corrected chi connectivity index (χ0v) is 23.8. The maximum atomic E-state index is 14.3. The van der Waals surface area contributed by atoms with E-state index in [9.17, 15) is 14.3 Å². The Balaban J connectivity index is 1.07. The third-order valence-corrected chi connectivity index (χ3v) is 9.89. The molecule has 1 saturated heterocycles. The quantitative estimate of drug-likeness (QED) is 0.228. The van der Waals surface area contributed by atoms with Gasteiger partial charge in [-0.3, -0.25) is 0 Å². The van der Waals surface area contributed by atoms with Crippen LogP contribution in [0, 0.1) is 17.8 Å². The van der Waals surface area contributed by atoms with Crippen molar-refractivity contribution in [1.82, 2.24) is 19.5 Å². The van der Waals surface area contributed by atoms with Crippen molar-refractivity contribution in [3.63, 3.8) is 0 Å². The minimum atomic E-state index is -0.939. The summed E-state index contributed by atoms with van der Waals surface area (Å²) in [5, 5.41) is 9.58. The number of nitrogens with zero attached hydrogens (tertiary/aromatic N) is 5. The summed E-state index contributed by atoms with van der Waals surface area (Å²) >= 11 is 0. The van der Waals surface area contributed by atoms with Crippen LogP contribution in [-0.4, -0.2) is 43.3 Å². The molecule has 1 atom stereocenters. The lowest BCUT2D eigenvalue weighted by molar-refractivity contribution is -0.0594. The number of hydrogen-bond donors (Lipinski definition) is 1. The van der Waals surface area contributed by atoms with Crippen LogP contribution in [0.3, 0.4) is 0 Å². The molecule has 2 aromatic heterocycles. The Kier molecular flexibility index (Phi) is 6.85. The molecule has 3 heterocycles. The third-order valence-electron chi connectivity index (χ3n) is 9.89. The molecule has 0 amide bonds. The number of carbonyl (C=O) groups is 1. The van der Waals surface area contributed by atoms with Crippen LogP contribution in [-0.2, 0) is 29.7 Å². The maximum absolute atomic E-state index is 14.3. The first-order valence-electron chi connectivity index (χ1n) is 14.8. The van der Waals surface area contributed by atoms with Crippen LogP contribution in [0.25, 0.3) is 15.9 Å². The fourth-order valence-electron chi connectivity index (χ4n) is 7.10. The number of carboxylic acid groups (broad SMARTS) is 1. The van der Waals surface area contributed by atoms with E-state index in [1.165, 1.54) is 6.07 Å². The van der Waals surface area contributed by atoms with Gasteiger partial charge >= 0.3 is 12.0 Å². The average molecular weight is 582 g/mol. The molecule has 1 N–H and O–H groups in total. The van der Waals surface area contributed by atoms with Crippen LogP contribution < -0.4 is 4.74 Å². The number of carboxylic acids is 1. The molecule has 0 spiro atoms. The number of ether oxygens (including phenoxy) is 2. The zero-order chi connectivity index (χ0) is 29.6. The molecule has 8 rings (SSSR count). The van der Waals surface area contributed by atoms with Gasteiger partial charge in [0.15, 0.2) is 5.69 Å². The van der Waals surface area contributed by atoms with Crippen LogP contribution in [0.15, 0.2) is 48.7 Å². The van der Waals surface area contributed by atoms with E-state index in [4.69, 9.17) is 26.0 Å². The number of hydrogen-bond acceptors (Lipinski definition) is 6. The van der Waals surface area contributed by atoms with Gasteiger partial charge in [-0.25, -0.2) is 24.0 Å². The van der Waals surface area contributed by atoms with Crippen LogP contribution >= 0.6 is 0 Å². The normalized spacial score (nSPS) is 24.4. The number of benzene rings is 2. The van der Waals surface area contributed by atoms with E-state index in [1.807, 2.05) is 12.1 Å². The van der Waals surface area contributed by atoms with E-state index in [0.717, 1.165) is 80.5 Å². The lowest BCUT2D eigenvalue weighted by Gasteiger charge is -2.53. The summed E-state index contributed by atoms with van der Waals surface area (Å²) in [4.78, 5) is 29.0. The fraction of sp³-hybridized carbons (Fsp3) is 0.424. The Morgan fingerprint density at radius 2 is 1.91 bits per heavy atom. The molecular formula is C33H32FN5O4. The second-order valence-electron chi connectivity index (χ2n) is 12.3. The van der Waals surface area contributed by atoms with E-state index in [1.54, 1.807) is 30.5 Å². The number of fused-ring (bicyclic) bond motifs is 4. The number of aromatic nitrogens is 4. The number of rotatable bonds is 9. The standard InChI is InChI=1S/C33H32FN5O4/c1-35-23-4-2-22(25(34)17-23)20-43-31-36-14-6-28(38-31)33-11-8-32(9-12-33,10-13-33)18-29-37-26-5-3-21(30(40)41)16-27(26)39(29)19-24-7-15-42-24/h2-6,14,16-17,24H,7-13,15,18-20H2,(H,40,41)/t24-,32?,33?/m0/s1. The molecule has 3 aliphatic carbocycles. The molecule has 2 bridgehead atoms. The predicted molar refractivity (Wildman–Crippen MR) is 156 cm³/mol. The summed E-state index contributed by atoms with van der Waals surface area (Å²) in [6.07, 6.45) is 9.87. The molecule has 4 aliphatic rings. The van der Waals surface area contributed by atoms with Crippen molar-refractivity contribution >= 4 is 22.7 Å². The monoisotopic (exact) mass is 581 g/mol. The Labute approximate surface area is 248 Å². The van der Waals surface area contributed by atoms with Gasteiger partial charge in [0.25, 0.3) is 0 Å². The molecular weight excluding hydrogens is 549 g/mol. The van der Waals surface area contributed by atoms with Gasteiger partial charge in [-0.15, -0.1) is 0 Å². The molecule has 0 unspecified atom stereocenters. The van der Waals surface area contributed by atoms with Crippen molar-refractivity contribution in [1.29, 1.82) is 0 Å². The van der Waals surface area contributed by atoms with Crippen molar-refractivity contribution < 1.29 is 23.8 Å². The maximum Gasteiger partial charge on any atom is 0.335 e. The predicted octanol–water partition coefficient (Wildman–Crippen LogP) is 6.42. The summed E-state index contributed by atoms with van der Waals surface area (Å²) in [7, 11) is 0. The molecule has 0 radical (unpaired) electrons. The van der Waals surface area contributed by atoms with Gasteiger partial charge in [0, 0.05) is 30.2 Å². The second-order valence-corrected chi connectivity index (χ2v) is 12.3. The van der Waals surface area contributed by atoms with E-state index in [2.05, 4.69) is 14.4 Å². The first-order valence-corrected chi connectivity index (χ1v) is 14.8. The third kappa shape index (κ3) is 5.12. The SMILES string of the molecule is [C-]#[N+]c1ccc(COc2nccc(C34CCC(Cc5nc6ccc(C(=O)O)cc6n5C[C@@H]5CCO5)(CC3)CC4)n2)c(F)c1. The molecule has 1 aliphatic heterocycles. The minimum absolute atomic E-state index is 0.00939. The van der Waals surface area contributed by atoms with Crippen molar-refractivity contribution in [2.45, 2.75) is 76.0 Å². The minimum Gasteiger partial charge on any atom is -0.478 e. The highest BCUT2D eigenvalue weighted by Gasteiger charge is 2.50. The smallest absolute Gasteiger partial charge is 0.335 e.